The van der Waals surface area contributed by atoms with E-state index in [1.165, 1.54) is 0 Å². The van der Waals surface area contributed by atoms with Gasteiger partial charge in [-0.25, -0.2) is 4.98 Å². The summed E-state index contributed by atoms with van der Waals surface area (Å²) in [4.78, 5) is 15.8. The summed E-state index contributed by atoms with van der Waals surface area (Å²) in [7, 11) is 0. The molecule has 0 spiro atoms. The van der Waals surface area contributed by atoms with E-state index in [2.05, 4.69) is 26.2 Å². The number of carbonyl (C=O) groups excluding carboxylic acids is 1. The summed E-state index contributed by atoms with van der Waals surface area (Å²) < 4.78 is 6.38. The minimum atomic E-state index is -0.111. The van der Waals surface area contributed by atoms with Crippen LogP contribution >= 0.6 is 39.1 Å². The van der Waals surface area contributed by atoms with Crippen LogP contribution < -0.4 is 10.1 Å². The number of anilines is 1. The van der Waals surface area contributed by atoms with Gasteiger partial charge in [0.25, 0.3) is 0 Å². The molecule has 22 heavy (non-hydrogen) atoms. The minimum Gasteiger partial charge on any atom is -0.492 e. The van der Waals surface area contributed by atoms with Gasteiger partial charge in [-0.05, 0) is 52.7 Å². The number of pyridine rings is 1. The van der Waals surface area contributed by atoms with Crippen molar-refractivity contribution in [2.45, 2.75) is 12.8 Å². The van der Waals surface area contributed by atoms with E-state index in [1.807, 2.05) is 6.07 Å². The summed E-state index contributed by atoms with van der Waals surface area (Å²) in [5.41, 5.74) is 0. The molecule has 1 amide bonds. The Balaban J connectivity index is 1.72. The van der Waals surface area contributed by atoms with E-state index in [1.54, 1.807) is 30.5 Å². The molecule has 0 aliphatic carbocycles. The van der Waals surface area contributed by atoms with Crippen molar-refractivity contribution in [1.29, 1.82) is 0 Å². The second kappa shape index (κ2) is 8.36. The highest BCUT2D eigenvalue weighted by molar-refractivity contribution is 9.10. The molecular formula is C15H13BrCl2N2O2. The van der Waals surface area contributed by atoms with Gasteiger partial charge in [0, 0.05) is 22.1 Å². The molecule has 0 fully saturated rings. The number of hydrogen-bond donors (Lipinski definition) is 1. The van der Waals surface area contributed by atoms with Crippen LogP contribution in [-0.4, -0.2) is 17.5 Å². The molecule has 4 nitrogen and oxygen atoms in total. The molecule has 2 rings (SSSR count). The van der Waals surface area contributed by atoms with E-state index >= 15 is 0 Å². The molecule has 0 saturated carbocycles. The van der Waals surface area contributed by atoms with Crippen LogP contribution in [-0.2, 0) is 4.79 Å². The Bertz CT molecular complexity index is 650. The number of nitrogens with one attached hydrogen (secondary N) is 1. The Kier molecular flexibility index (Phi) is 6.49. The zero-order valence-electron chi connectivity index (χ0n) is 11.5. The largest absolute Gasteiger partial charge is 0.492 e. The third-order valence-corrected chi connectivity index (χ3v) is 3.69. The SMILES string of the molecule is O=C(CCCOc1ccc(Cl)cc1Cl)Nc1ccc(Br)cn1. The van der Waals surface area contributed by atoms with Crippen molar-refractivity contribution in [2.75, 3.05) is 11.9 Å². The van der Waals surface area contributed by atoms with Crippen LogP contribution in [0.5, 0.6) is 5.75 Å². The van der Waals surface area contributed by atoms with E-state index in [4.69, 9.17) is 27.9 Å². The average Bonchev–Trinajstić information content (AvgIpc) is 2.48. The first kappa shape index (κ1) is 17.1. The molecule has 116 valence electrons. The number of halogens is 3. The van der Waals surface area contributed by atoms with Gasteiger partial charge >= 0.3 is 0 Å². The molecule has 1 N–H and O–H groups in total. The van der Waals surface area contributed by atoms with Gasteiger partial charge in [-0.3, -0.25) is 4.79 Å². The highest BCUT2D eigenvalue weighted by atomic mass is 79.9. The predicted octanol–water partition coefficient (Wildman–Crippen LogP) is 4.95. The topological polar surface area (TPSA) is 51.2 Å². The number of amides is 1. The number of hydrogen-bond acceptors (Lipinski definition) is 3. The molecular weight excluding hydrogens is 391 g/mol. The molecule has 1 aromatic carbocycles. The maximum Gasteiger partial charge on any atom is 0.225 e. The summed E-state index contributed by atoms with van der Waals surface area (Å²) >= 11 is 15.1. The highest BCUT2D eigenvalue weighted by Crippen LogP contribution is 2.27. The van der Waals surface area contributed by atoms with Crippen LogP contribution in [0.15, 0.2) is 41.0 Å². The third kappa shape index (κ3) is 5.48. The lowest BCUT2D eigenvalue weighted by Gasteiger charge is -2.08. The van der Waals surface area contributed by atoms with Gasteiger partial charge in [0.1, 0.15) is 11.6 Å². The second-order valence-electron chi connectivity index (χ2n) is 4.44. The quantitative estimate of drug-likeness (QED) is 0.694. The molecule has 1 aromatic heterocycles. The minimum absolute atomic E-state index is 0.111. The Hall–Kier alpha value is -1.30. The monoisotopic (exact) mass is 402 g/mol. The van der Waals surface area contributed by atoms with Gasteiger partial charge in [0.05, 0.1) is 11.6 Å². The number of carbonyl (C=O) groups is 1. The first-order valence-electron chi connectivity index (χ1n) is 6.54. The van der Waals surface area contributed by atoms with E-state index < -0.39 is 0 Å². The Morgan fingerprint density at radius 2 is 2.09 bits per heavy atom. The molecule has 0 bridgehead atoms. The maximum absolute atomic E-state index is 11.8. The van der Waals surface area contributed by atoms with Crippen LogP contribution in [0.25, 0.3) is 0 Å². The Labute approximate surface area is 146 Å². The molecule has 0 unspecified atom stereocenters. The highest BCUT2D eigenvalue weighted by Gasteiger charge is 2.05. The Morgan fingerprint density at radius 3 is 2.77 bits per heavy atom. The van der Waals surface area contributed by atoms with Gasteiger partial charge in [-0.1, -0.05) is 23.2 Å². The number of benzene rings is 1. The predicted molar refractivity (Wildman–Crippen MR) is 91.8 cm³/mol. The van der Waals surface area contributed by atoms with Crippen molar-refractivity contribution in [3.05, 3.63) is 51.0 Å². The van der Waals surface area contributed by atoms with E-state index in [0.29, 0.717) is 41.1 Å². The number of aromatic nitrogens is 1. The molecule has 0 aliphatic heterocycles. The van der Waals surface area contributed by atoms with Crippen molar-refractivity contribution < 1.29 is 9.53 Å². The van der Waals surface area contributed by atoms with Gasteiger partial charge in [-0.2, -0.15) is 0 Å². The maximum atomic E-state index is 11.8. The molecule has 0 aliphatic rings. The molecule has 0 saturated heterocycles. The lowest BCUT2D eigenvalue weighted by molar-refractivity contribution is -0.116. The van der Waals surface area contributed by atoms with E-state index in [9.17, 15) is 4.79 Å². The van der Waals surface area contributed by atoms with Crippen molar-refractivity contribution in [3.63, 3.8) is 0 Å². The van der Waals surface area contributed by atoms with Crippen LogP contribution in [0.3, 0.4) is 0 Å². The molecule has 2 aromatic rings. The van der Waals surface area contributed by atoms with Gasteiger partial charge in [0.2, 0.25) is 5.91 Å². The number of rotatable bonds is 6. The lowest BCUT2D eigenvalue weighted by atomic mass is 10.3. The molecule has 7 heteroatoms. The fourth-order valence-electron chi connectivity index (χ4n) is 1.66. The first-order chi connectivity index (χ1) is 10.5. The van der Waals surface area contributed by atoms with Crippen LogP contribution in [0.1, 0.15) is 12.8 Å². The number of ether oxygens (including phenoxy) is 1. The fourth-order valence-corrected chi connectivity index (χ4v) is 2.36. The molecule has 1 heterocycles. The summed E-state index contributed by atoms with van der Waals surface area (Å²) in [6.07, 6.45) is 2.53. The lowest BCUT2D eigenvalue weighted by Crippen LogP contribution is -2.13. The average molecular weight is 404 g/mol. The van der Waals surface area contributed by atoms with Crippen molar-refractivity contribution in [1.82, 2.24) is 4.98 Å². The number of nitrogens with zero attached hydrogens (tertiary/aromatic N) is 1. The summed E-state index contributed by atoms with van der Waals surface area (Å²) in [6.45, 7) is 0.391. The normalized spacial score (nSPS) is 10.3. The second-order valence-corrected chi connectivity index (χ2v) is 6.20. The van der Waals surface area contributed by atoms with E-state index in [0.717, 1.165) is 4.47 Å². The van der Waals surface area contributed by atoms with Gasteiger partial charge < -0.3 is 10.1 Å². The summed E-state index contributed by atoms with van der Waals surface area (Å²) in [5, 5.41) is 3.73. The molecule has 0 radical (unpaired) electrons. The third-order valence-electron chi connectivity index (χ3n) is 2.69. The first-order valence-corrected chi connectivity index (χ1v) is 8.09. The smallest absolute Gasteiger partial charge is 0.225 e. The summed E-state index contributed by atoms with van der Waals surface area (Å²) in [6, 6.07) is 8.57. The van der Waals surface area contributed by atoms with Crippen molar-refractivity contribution in [3.8, 4) is 5.75 Å². The van der Waals surface area contributed by atoms with Crippen molar-refractivity contribution in [2.24, 2.45) is 0 Å². The standard InChI is InChI=1S/C15H13BrCl2N2O2/c16-10-3-6-14(19-9-10)20-15(21)2-1-7-22-13-5-4-11(17)8-12(13)18/h3-6,8-9H,1-2,7H2,(H,19,20,21). The zero-order chi connectivity index (χ0) is 15.9. The van der Waals surface area contributed by atoms with Crippen LogP contribution in [0.4, 0.5) is 5.82 Å². The van der Waals surface area contributed by atoms with Crippen molar-refractivity contribution >= 4 is 50.9 Å². The van der Waals surface area contributed by atoms with E-state index in [-0.39, 0.29) is 5.91 Å². The van der Waals surface area contributed by atoms with Crippen LogP contribution in [0.2, 0.25) is 10.0 Å². The van der Waals surface area contributed by atoms with Crippen LogP contribution in [0, 0.1) is 0 Å². The fraction of sp³-hybridized carbons (Fsp3) is 0.200. The van der Waals surface area contributed by atoms with Gasteiger partial charge in [-0.15, -0.1) is 0 Å². The molecule has 0 atom stereocenters. The van der Waals surface area contributed by atoms with Gasteiger partial charge in [0.15, 0.2) is 0 Å². The Morgan fingerprint density at radius 1 is 1.27 bits per heavy atom. The summed E-state index contributed by atoms with van der Waals surface area (Å²) in [5.74, 6) is 0.969. The zero-order valence-corrected chi connectivity index (χ0v) is 14.6.